The predicted octanol–water partition coefficient (Wildman–Crippen LogP) is 9.33. The highest BCUT2D eigenvalue weighted by atomic mass is 19.1. The van der Waals surface area contributed by atoms with Gasteiger partial charge >= 0.3 is 6.09 Å². The minimum Gasteiger partial charge on any atom is -0.473 e. The van der Waals surface area contributed by atoms with Crippen molar-refractivity contribution < 1.29 is 27.8 Å². The summed E-state index contributed by atoms with van der Waals surface area (Å²) in [5.41, 5.74) is 2.53. The van der Waals surface area contributed by atoms with Gasteiger partial charge < -0.3 is 24.0 Å². The molecule has 54 heavy (non-hydrogen) atoms. The van der Waals surface area contributed by atoms with Crippen LogP contribution in [0.5, 0.6) is 11.8 Å². The molecule has 1 amide bonds. The number of amides is 1. The third-order valence-corrected chi connectivity index (χ3v) is 10.4. The number of fused-ring (bicyclic) bond motifs is 1. The lowest BCUT2D eigenvalue weighted by atomic mass is 9.82. The van der Waals surface area contributed by atoms with Gasteiger partial charge in [-0.1, -0.05) is 60.7 Å². The molecule has 2 aromatic heterocycles. The molecule has 0 spiro atoms. The van der Waals surface area contributed by atoms with Crippen LogP contribution in [0.2, 0.25) is 0 Å². The van der Waals surface area contributed by atoms with Crippen molar-refractivity contribution in [1.29, 1.82) is 0 Å². The summed E-state index contributed by atoms with van der Waals surface area (Å²) in [5.74, 6) is 0.371. The second-order valence-corrected chi connectivity index (χ2v) is 15.5. The van der Waals surface area contributed by atoms with Crippen molar-refractivity contribution >= 4 is 22.7 Å². The molecule has 3 aromatic carbocycles. The van der Waals surface area contributed by atoms with Crippen molar-refractivity contribution in [3.8, 4) is 23.0 Å². The molecule has 0 N–H and O–H groups in total. The van der Waals surface area contributed by atoms with Crippen LogP contribution >= 0.6 is 0 Å². The molecular formula is C43H49F2N5O4. The van der Waals surface area contributed by atoms with Gasteiger partial charge in [-0.05, 0) is 88.0 Å². The van der Waals surface area contributed by atoms with E-state index < -0.39 is 17.2 Å². The van der Waals surface area contributed by atoms with E-state index >= 15 is 8.78 Å². The van der Waals surface area contributed by atoms with Crippen molar-refractivity contribution in [2.75, 3.05) is 31.1 Å². The summed E-state index contributed by atoms with van der Waals surface area (Å²) in [6, 6.07) is 24.4. The number of piperidine rings is 2. The number of carbonyl (C=O) groups excluding carboxylic acids is 1. The van der Waals surface area contributed by atoms with Crippen molar-refractivity contribution in [2.24, 2.45) is 18.9 Å². The van der Waals surface area contributed by atoms with Gasteiger partial charge in [-0.2, -0.15) is 10.1 Å². The van der Waals surface area contributed by atoms with E-state index in [2.05, 4.69) is 0 Å². The summed E-state index contributed by atoms with van der Waals surface area (Å²) in [7, 11) is 1.67. The van der Waals surface area contributed by atoms with E-state index in [0.29, 0.717) is 67.1 Å². The number of benzene rings is 3. The number of anilines is 1. The highest BCUT2D eigenvalue weighted by molar-refractivity contribution is 5.97. The predicted molar refractivity (Wildman–Crippen MR) is 205 cm³/mol. The first-order valence-corrected chi connectivity index (χ1v) is 18.9. The zero-order valence-electron chi connectivity index (χ0n) is 31.6. The maximum atomic E-state index is 16.5. The minimum atomic E-state index is -0.623. The van der Waals surface area contributed by atoms with Gasteiger partial charge in [-0.25, -0.2) is 13.6 Å². The third-order valence-electron chi connectivity index (χ3n) is 10.4. The van der Waals surface area contributed by atoms with Crippen molar-refractivity contribution in [3.05, 3.63) is 102 Å². The minimum absolute atomic E-state index is 0.00972. The second-order valence-electron chi connectivity index (χ2n) is 15.5. The van der Waals surface area contributed by atoms with Crippen LogP contribution in [0, 0.1) is 23.5 Å². The summed E-state index contributed by atoms with van der Waals surface area (Å²) in [6.45, 7) is 8.74. The van der Waals surface area contributed by atoms with Crippen LogP contribution in [0.3, 0.4) is 0 Å². The molecule has 2 aliphatic rings. The molecule has 0 radical (unpaired) electrons. The lowest BCUT2D eigenvalue weighted by Gasteiger charge is -2.38. The first-order chi connectivity index (χ1) is 26.0. The summed E-state index contributed by atoms with van der Waals surface area (Å²) < 4.78 is 51.9. The average molecular weight is 738 g/mol. The van der Waals surface area contributed by atoms with Crippen LogP contribution in [0.25, 0.3) is 22.2 Å². The van der Waals surface area contributed by atoms with Crippen LogP contribution in [0.15, 0.2) is 78.9 Å². The number of likely N-dealkylation sites (tertiary alicyclic amines) is 1. The van der Waals surface area contributed by atoms with Crippen LogP contribution in [-0.2, 0) is 25.0 Å². The number of hydrogen-bond acceptors (Lipinski definition) is 7. The van der Waals surface area contributed by atoms with Crippen molar-refractivity contribution in [3.63, 3.8) is 0 Å². The first-order valence-electron chi connectivity index (χ1n) is 18.9. The Balaban J connectivity index is 1.06. The maximum absolute atomic E-state index is 16.5. The van der Waals surface area contributed by atoms with Gasteiger partial charge in [-0.3, -0.25) is 4.68 Å². The van der Waals surface area contributed by atoms with Crippen molar-refractivity contribution in [2.45, 2.75) is 71.7 Å². The Kier molecular flexibility index (Phi) is 11.0. The summed E-state index contributed by atoms with van der Waals surface area (Å²) in [4.78, 5) is 20.8. The molecule has 0 aliphatic carbocycles. The molecule has 0 saturated carbocycles. The van der Waals surface area contributed by atoms with Crippen LogP contribution in [-0.4, -0.2) is 57.5 Å². The van der Waals surface area contributed by atoms with Gasteiger partial charge in [0.2, 0.25) is 11.8 Å². The molecule has 4 heterocycles. The fourth-order valence-corrected chi connectivity index (χ4v) is 7.63. The first kappa shape index (κ1) is 37.1. The zero-order valence-corrected chi connectivity index (χ0v) is 31.6. The van der Waals surface area contributed by atoms with Crippen LogP contribution in [0.4, 0.5) is 19.3 Å². The molecule has 0 bridgehead atoms. The van der Waals surface area contributed by atoms with Gasteiger partial charge in [0.15, 0.2) is 5.82 Å². The van der Waals surface area contributed by atoms with Gasteiger partial charge in [0.1, 0.15) is 41.5 Å². The smallest absolute Gasteiger partial charge is 0.410 e. The second kappa shape index (κ2) is 16.0. The number of hydrogen-bond donors (Lipinski definition) is 0. The monoisotopic (exact) mass is 737 g/mol. The highest BCUT2D eigenvalue weighted by Crippen LogP contribution is 2.40. The van der Waals surface area contributed by atoms with Crippen LogP contribution in [0.1, 0.15) is 64.0 Å². The number of rotatable bonds is 10. The summed E-state index contributed by atoms with van der Waals surface area (Å²) in [6.07, 6.45) is 4.41. The Morgan fingerprint density at radius 2 is 1.41 bits per heavy atom. The van der Waals surface area contributed by atoms with E-state index in [1.165, 1.54) is 10.7 Å². The molecule has 2 aliphatic heterocycles. The van der Waals surface area contributed by atoms with E-state index in [9.17, 15) is 4.79 Å². The Morgan fingerprint density at radius 1 is 0.815 bits per heavy atom. The Morgan fingerprint density at radius 3 is 2.02 bits per heavy atom. The van der Waals surface area contributed by atoms with E-state index in [4.69, 9.17) is 24.3 Å². The maximum Gasteiger partial charge on any atom is 0.410 e. The molecule has 7 rings (SSSR count). The fraction of sp³-hybridized carbons (Fsp3) is 0.419. The number of aryl methyl sites for hydroxylation is 1. The Labute approximate surface area is 315 Å². The summed E-state index contributed by atoms with van der Waals surface area (Å²) in [5, 5.41) is 5.04. The molecule has 2 saturated heterocycles. The lowest BCUT2D eigenvalue weighted by molar-refractivity contribution is 0.0174. The Bertz CT molecular complexity index is 2050. The fourth-order valence-electron chi connectivity index (χ4n) is 7.63. The molecule has 0 unspecified atom stereocenters. The summed E-state index contributed by atoms with van der Waals surface area (Å²) >= 11 is 0. The normalized spacial score (nSPS) is 15.8. The molecule has 0 atom stereocenters. The molecule has 11 heteroatoms. The van der Waals surface area contributed by atoms with Gasteiger partial charge in [0, 0.05) is 44.7 Å². The molecule has 2 fully saturated rings. The molecule has 5 aromatic rings. The largest absolute Gasteiger partial charge is 0.473 e. The number of aromatic nitrogens is 3. The molecule has 284 valence electrons. The number of nitrogens with zero attached hydrogens (tertiary/aromatic N) is 5. The molecular weight excluding hydrogens is 689 g/mol. The zero-order chi connectivity index (χ0) is 37.8. The van der Waals surface area contributed by atoms with Crippen LogP contribution < -0.4 is 14.4 Å². The average Bonchev–Trinajstić information content (AvgIpc) is 3.49. The number of pyridine rings is 1. The van der Waals surface area contributed by atoms with E-state index in [0.717, 1.165) is 43.2 Å². The van der Waals surface area contributed by atoms with E-state index in [1.54, 1.807) is 19.2 Å². The lowest BCUT2D eigenvalue weighted by Crippen LogP contribution is -2.42. The SMILES string of the molecule is Cn1nc(-c2ccc(OCc3ccccc3)nc2OCc2ccccc2)c2cc(F)c(N3CCC(CC4CCN(C(=O)OC(C)(C)C)CC4)CC3)c(F)c21. The molecule has 9 nitrogen and oxygen atoms in total. The van der Waals surface area contributed by atoms with E-state index in [-0.39, 0.29) is 29.8 Å². The van der Waals surface area contributed by atoms with Gasteiger partial charge in [-0.15, -0.1) is 0 Å². The highest BCUT2D eigenvalue weighted by Gasteiger charge is 2.32. The third kappa shape index (κ3) is 8.61. The van der Waals surface area contributed by atoms with E-state index in [1.807, 2.05) is 91.2 Å². The van der Waals surface area contributed by atoms with Gasteiger partial charge in [0.25, 0.3) is 0 Å². The number of ether oxygens (including phenoxy) is 3. The number of halogens is 2. The van der Waals surface area contributed by atoms with Gasteiger partial charge in [0.05, 0.1) is 5.56 Å². The standard InChI is InChI=1S/C43H49F2N5O4/c1-43(2,3)54-42(51)50-23-19-30(20-24-50)25-29-17-21-49(22-18-29)40-35(44)26-34-38(47-48(4)39(34)37(40)45)33-15-16-36(52-27-31-11-7-5-8-12-31)46-41(33)53-28-32-13-9-6-10-14-32/h5-16,26,29-30H,17-25,27-28H2,1-4H3. The topological polar surface area (TPSA) is 82.0 Å². The number of carbonyl (C=O) groups is 1. The van der Waals surface area contributed by atoms with Crippen molar-refractivity contribution in [1.82, 2.24) is 19.7 Å². The Hall–Kier alpha value is -5.19. The quantitative estimate of drug-likeness (QED) is 0.141.